The van der Waals surface area contributed by atoms with Crippen LogP contribution >= 0.6 is 11.8 Å². The van der Waals surface area contributed by atoms with E-state index in [0.29, 0.717) is 11.7 Å². The van der Waals surface area contributed by atoms with Gasteiger partial charge in [-0.05, 0) is 11.8 Å². The first-order chi connectivity index (χ1) is 8.10. The zero-order valence-electron chi connectivity index (χ0n) is 10.5. The molecule has 0 saturated heterocycles. The van der Waals surface area contributed by atoms with Gasteiger partial charge >= 0.3 is 0 Å². The van der Waals surface area contributed by atoms with Crippen molar-refractivity contribution in [2.24, 2.45) is 11.8 Å². The number of hydrogen-bond acceptors (Lipinski definition) is 6. The van der Waals surface area contributed by atoms with Crippen LogP contribution in [0.1, 0.15) is 32.3 Å². The van der Waals surface area contributed by atoms with Gasteiger partial charge in [-0.15, -0.1) is 11.8 Å². The van der Waals surface area contributed by atoms with E-state index in [1.807, 2.05) is 6.92 Å². The highest BCUT2D eigenvalue weighted by Crippen LogP contribution is 2.31. The Balaban J connectivity index is 2.90. The summed E-state index contributed by atoms with van der Waals surface area (Å²) in [5.74, 6) is 7.51. The summed E-state index contributed by atoms with van der Waals surface area (Å²) in [4.78, 5) is 8.41. The van der Waals surface area contributed by atoms with Crippen LogP contribution in [0.5, 0.6) is 0 Å². The number of aliphatic hydroxyl groups is 1. The van der Waals surface area contributed by atoms with E-state index in [4.69, 9.17) is 10.9 Å². The quantitative estimate of drug-likeness (QED) is 0.310. The Labute approximate surface area is 106 Å². The number of thioether (sulfide) groups is 1. The lowest BCUT2D eigenvalue weighted by Crippen LogP contribution is -2.13. The average molecular weight is 256 g/mol. The second kappa shape index (κ2) is 6.78. The van der Waals surface area contributed by atoms with E-state index in [1.165, 1.54) is 6.33 Å². The number of hydrogen-bond donors (Lipinski definition) is 3. The standard InChI is InChI=1S/C11H20N4OS/c1-7(2)9-10(15-12)13-6-14-11(9)17-5-8(3)4-16/h6-8,16H,4-5,12H2,1-3H3,(H,13,14,15). The minimum atomic E-state index is 0.192. The Morgan fingerprint density at radius 1 is 1.41 bits per heavy atom. The van der Waals surface area contributed by atoms with Gasteiger partial charge in [-0.1, -0.05) is 20.8 Å². The van der Waals surface area contributed by atoms with E-state index < -0.39 is 0 Å². The number of aliphatic hydroxyl groups excluding tert-OH is 1. The first kappa shape index (κ1) is 14.2. The van der Waals surface area contributed by atoms with Crippen LogP contribution in [0.4, 0.5) is 5.82 Å². The maximum absolute atomic E-state index is 9.01. The second-order valence-electron chi connectivity index (χ2n) is 4.34. The maximum atomic E-state index is 9.01. The maximum Gasteiger partial charge on any atom is 0.147 e. The Morgan fingerprint density at radius 2 is 2.12 bits per heavy atom. The van der Waals surface area contributed by atoms with Crippen molar-refractivity contribution in [2.75, 3.05) is 17.8 Å². The lowest BCUT2D eigenvalue weighted by Gasteiger charge is -2.15. The lowest BCUT2D eigenvalue weighted by atomic mass is 10.1. The molecule has 5 nitrogen and oxygen atoms in total. The van der Waals surface area contributed by atoms with Gasteiger partial charge in [0.15, 0.2) is 0 Å². The van der Waals surface area contributed by atoms with Gasteiger partial charge < -0.3 is 10.5 Å². The van der Waals surface area contributed by atoms with Crippen LogP contribution in [0.25, 0.3) is 0 Å². The first-order valence-corrected chi connectivity index (χ1v) is 6.63. The highest BCUT2D eigenvalue weighted by molar-refractivity contribution is 7.99. The van der Waals surface area contributed by atoms with Crippen molar-refractivity contribution in [3.05, 3.63) is 11.9 Å². The Bertz CT molecular complexity index is 359. The SMILES string of the molecule is CC(CO)CSc1ncnc(NN)c1C(C)C. The largest absolute Gasteiger partial charge is 0.396 e. The number of aromatic nitrogens is 2. The van der Waals surface area contributed by atoms with Crippen molar-refractivity contribution in [1.29, 1.82) is 0 Å². The summed E-state index contributed by atoms with van der Waals surface area (Å²) in [5, 5.41) is 9.95. The number of nitrogen functional groups attached to an aromatic ring is 1. The van der Waals surface area contributed by atoms with Crippen molar-refractivity contribution >= 4 is 17.6 Å². The fourth-order valence-corrected chi connectivity index (χ4v) is 2.56. The molecule has 17 heavy (non-hydrogen) atoms. The molecule has 1 aromatic rings. The average Bonchev–Trinajstić information content (AvgIpc) is 2.34. The molecular formula is C11H20N4OS. The lowest BCUT2D eigenvalue weighted by molar-refractivity contribution is 0.250. The first-order valence-electron chi connectivity index (χ1n) is 5.65. The molecule has 0 radical (unpaired) electrons. The molecule has 96 valence electrons. The molecule has 0 saturated carbocycles. The molecule has 1 unspecified atom stereocenters. The zero-order valence-corrected chi connectivity index (χ0v) is 11.3. The fourth-order valence-electron chi connectivity index (χ4n) is 1.40. The highest BCUT2D eigenvalue weighted by Gasteiger charge is 2.15. The number of rotatable bonds is 6. The molecule has 1 heterocycles. The van der Waals surface area contributed by atoms with E-state index in [2.05, 4.69) is 29.2 Å². The van der Waals surface area contributed by atoms with Gasteiger partial charge in [0.05, 0.1) is 0 Å². The molecule has 0 amide bonds. The molecular weight excluding hydrogens is 236 g/mol. The highest BCUT2D eigenvalue weighted by atomic mass is 32.2. The Kier molecular flexibility index (Phi) is 5.67. The smallest absolute Gasteiger partial charge is 0.147 e. The fraction of sp³-hybridized carbons (Fsp3) is 0.636. The molecule has 4 N–H and O–H groups in total. The molecule has 0 aliphatic rings. The molecule has 0 aromatic carbocycles. The van der Waals surface area contributed by atoms with Crippen molar-refractivity contribution in [2.45, 2.75) is 31.7 Å². The Hall–Kier alpha value is -0.850. The van der Waals surface area contributed by atoms with Crippen LogP contribution < -0.4 is 11.3 Å². The third-order valence-corrected chi connectivity index (χ3v) is 3.71. The monoisotopic (exact) mass is 256 g/mol. The molecule has 1 rings (SSSR count). The van der Waals surface area contributed by atoms with Crippen LogP contribution in [0.3, 0.4) is 0 Å². The van der Waals surface area contributed by atoms with Crippen molar-refractivity contribution < 1.29 is 5.11 Å². The van der Waals surface area contributed by atoms with Crippen LogP contribution in [-0.4, -0.2) is 27.4 Å². The second-order valence-corrected chi connectivity index (χ2v) is 5.35. The summed E-state index contributed by atoms with van der Waals surface area (Å²) in [7, 11) is 0. The molecule has 0 fully saturated rings. The number of nitrogens with zero attached hydrogens (tertiary/aromatic N) is 2. The Morgan fingerprint density at radius 3 is 2.65 bits per heavy atom. The van der Waals surface area contributed by atoms with Crippen LogP contribution in [0.15, 0.2) is 11.4 Å². The van der Waals surface area contributed by atoms with Crippen LogP contribution in [-0.2, 0) is 0 Å². The van der Waals surface area contributed by atoms with E-state index in [9.17, 15) is 0 Å². The van der Waals surface area contributed by atoms with Gasteiger partial charge in [0.25, 0.3) is 0 Å². The molecule has 0 spiro atoms. The summed E-state index contributed by atoms with van der Waals surface area (Å²) >= 11 is 1.63. The molecule has 1 atom stereocenters. The molecule has 0 bridgehead atoms. The minimum Gasteiger partial charge on any atom is -0.396 e. The number of hydrazine groups is 1. The molecule has 6 heteroatoms. The summed E-state index contributed by atoms with van der Waals surface area (Å²) in [6, 6.07) is 0. The predicted octanol–water partition coefficient (Wildman–Crippen LogP) is 1.61. The number of nitrogens with one attached hydrogen (secondary N) is 1. The van der Waals surface area contributed by atoms with E-state index in [1.54, 1.807) is 11.8 Å². The van der Waals surface area contributed by atoms with E-state index >= 15 is 0 Å². The topological polar surface area (TPSA) is 84.1 Å². The summed E-state index contributed by atoms with van der Waals surface area (Å²) in [6.45, 7) is 6.36. The van der Waals surface area contributed by atoms with Gasteiger partial charge in [-0.3, -0.25) is 0 Å². The predicted molar refractivity (Wildman–Crippen MR) is 70.9 cm³/mol. The van der Waals surface area contributed by atoms with Crippen LogP contribution in [0.2, 0.25) is 0 Å². The van der Waals surface area contributed by atoms with E-state index in [-0.39, 0.29) is 12.5 Å². The molecule has 0 aliphatic carbocycles. The summed E-state index contributed by atoms with van der Waals surface area (Å²) in [6.07, 6.45) is 1.51. The summed E-state index contributed by atoms with van der Waals surface area (Å²) in [5.41, 5.74) is 3.64. The van der Waals surface area contributed by atoms with Crippen molar-refractivity contribution in [1.82, 2.24) is 9.97 Å². The molecule has 0 aliphatic heterocycles. The molecule has 1 aromatic heterocycles. The number of anilines is 1. The van der Waals surface area contributed by atoms with Crippen molar-refractivity contribution in [3.8, 4) is 0 Å². The van der Waals surface area contributed by atoms with Crippen molar-refractivity contribution in [3.63, 3.8) is 0 Å². The van der Waals surface area contributed by atoms with Crippen LogP contribution in [0, 0.1) is 5.92 Å². The minimum absolute atomic E-state index is 0.192. The van der Waals surface area contributed by atoms with Gasteiger partial charge in [0.1, 0.15) is 17.2 Å². The van der Waals surface area contributed by atoms with Gasteiger partial charge in [0, 0.05) is 17.9 Å². The number of nitrogens with two attached hydrogens (primary N) is 1. The van der Waals surface area contributed by atoms with E-state index in [0.717, 1.165) is 16.3 Å². The third kappa shape index (κ3) is 3.83. The third-order valence-electron chi connectivity index (χ3n) is 2.38. The van der Waals surface area contributed by atoms with Gasteiger partial charge in [-0.2, -0.15) is 0 Å². The normalized spacial score (nSPS) is 12.8. The summed E-state index contributed by atoms with van der Waals surface area (Å²) < 4.78 is 0. The van der Waals surface area contributed by atoms with Gasteiger partial charge in [0.2, 0.25) is 0 Å². The zero-order chi connectivity index (χ0) is 12.8. The van der Waals surface area contributed by atoms with Gasteiger partial charge in [-0.25, -0.2) is 15.8 Å².